The van der Waals surface area contributed by atoms with E-state index in [1.165, 1.54) is 0 Å². The summed E-state index contributed by atoms with van der Waals surface area (Å²) in [6, 6.07) is 11.3. The normalized spacial score (nSPS) is 10.9. The zero-order valence-corrected chi connectivity index (χ0v) is 14.9. The summed E-state index contributed by atoms with van der Waals surface area (Å²) in [5, 5.41) is 3.04. The lowest BCUT2D eigenvalue weighted by Crippen LogP contribution is -2.11. The number of hydrogen-bond acceptors (Lipinski definition) is 3. The summed E-state index contributed by atoms with van der Waals surface area (Å²) in [6.45, 7) is 1.99. The Bertz CT molecular complexity index is 841. The van der Waals surface area contributed by atoms with Crippen molar-refractivity contribution in [1.29, 1.82) is 0 Å². The van der Waals surface area contributed by atoms with Crippen molar-refractivity contribution in [3.63, 3.8) is 0 Å². The SMILES string of the molecule is Cc1cc(Br)cc2nc(-c3ccc(NC(=O)CBr)cc3)oc12. The Labute approximate surface area is 144 Å². The fourth-order valence-corrected chi connectivity index (χ4v) is 2.87. The van der Waals surface area contributed by atoms with Crippen molar-refractivity contribution in [2.24, 2.45) is 0 Å². The number of carbonyl (C=O) groups is 1. The number of hydrogen-bond donors (Lipinski definition) is 1. The van der Waals surface area contributed by atoms with Gasteiger partial charge in [-0.05, 0) is 48.9 Å². The van der Waals surface area contributed by atoms with Crippen molar-refractivity contribution in [1.82, 2.24) is 4.98 Å². The Kier molecular flexibility index (Phi) is 4.31. The first kappa shape index (κ1) is 15.2. The van der Waals surface area contributed by atoms with Crippen molar-refractivity contribution in [3.8, 4) is 11.5 Å². The molecular weight excluding hydrogens is 412 g/mol. The number of oxazole rings is 1. The highest BCUT2D eigenvalue weighted by molar-refractivity contribution is 9.10. The molecule has 0 aliphatic rings. The molecule has 2 aromatic carbocycles. The third-order valence-electron chi connectivity index (χ3n) is 3.18. The van der Waals surface area contributed by atoms with Crippen LogP contribution in [0.3, 0.4) is 0 Å². The number of carbonyl (C=O) groups excluding carboxylic acids is 1. The number of nitrogens with one attached hydrogen (secondary N) is 1. The van der Waals surface area contributed by atoms with Gasteiger partial charge >= 0.3 is 0 Å². The molecule has 0 aliphatic heterocycles. The van der Waals surface area contributed by atoms with Crippen molar-refractivity contribution >= 4 is 54.6 Å². The summed E-state index contributed by atoms with van der Waals surface area (Å²) in [6.07, 6.45) is 0. The number of aryl methyl sites for hydroxylation is 1. The summed E-state index contributed by atoms with van der Waals surface area (Å²) in [7, 11) is 0. The minimum Gasteiger partial charge on any atom is -0.436 e. The molecule has 1 amide bonds. The summed E-state index contributed by atoms with van der Waals surface area (Å²) < 4.78 is 6.83. The molecule has 0 saturated heterocycles. The Morgan fingerprint density at radius 1 is 1.27 bits per heavy atom. The number of nitrogens with zero attached hydrogens (tertiary/aromatic N) is 1. The maximum atomic E-state index is 11.3. The molecule has 6 heteroatoms. The lowest BCUT2D eigenvalue weighted by molar-refractivity contribution is -0.113. The predicted molar refractivity (Wildman–Crippen MR) is 94.3 cm³/mol. The van der Waals surface area contributed by atoms with Gasteiger partial charge in [-0.3, -0.25) is 4.79 Å². The van der Waals surface area contributed by atoms with Gasteiger partial charge in [-0.25, -0.2) is 4.98 Å². The maximum Gasteiger partial charge on any atom is 0.235 e. The second-order valence-electron chi connectivity index (χ2n) is 4.85. The van der Waals surface area contributed by atoms with Gasteiger partial charge in [-0.1, -0.05) is 31.9 Å². The molecule has 3 aromatic rings. The first-order chi connectivity index (χ1) is 10.6. The number of aromatic nitrogens is 1. The van der Waals surface area contributed by atoms with Crippen molar-refractivity contribution < 1.29 is 9.21 Å². The first-order valence-electron chi connectivity index (χ1n) is 6.60. The zero-order chi connectivity index (χ0) is 15.7. The monoisotopic (exact) mass is 422 g/mol. The van der Waals surface area contributed by atoms with Crippen LogP contribution in [0.4, 0.5) is 5.69 Å². The predicted octanol–water partition coefficient (Wildman–Crippen LogP) is 4.90. The number of alkyl halides is 1. The van der Waals surface area contributed by atoms with E-state index in [1.807, 2.05) is 43.3 Å². The van der Waals surface area contributed by atoms with E-state index in [0.29, 0.717) is 5.89 Å². The standard InChI is InChI=1S/C16H12Br2N2O2/c1-9-6-11(18)7-13-15(9)22-16(20-13)10-2-4-12(5-3-10)19-14(21)8-17/h2-7H,8H2,1H3,(H,19,21). The molecule has 4 nitrogen and oxygen atoms in total. The minimum absolute atomic E-state index is 0.0879. The Hall–Kier alpha value is -1.66. The van der Waals surface area contributed by atoms with E-state index >= 15 is 0 Å². The number of fused-ring (bicyclic) bond motifs is 1. The highest BCUT2D eigenvalue weighted by Gasteiger charge is 2.11. The quantitative estimate of drug-likeness (QED) is 0.609. The molecule has 1 aromatic heterocycles. The van der Waals surface area contributed by atoms with Crippen LogP contribution in [-0.4, -0.2) is 16.2 Å². The van der Waals surface area contributed by atoms with E-state index in [-0.39, 0.29) is 11.2 Å². The molecule has 0 spiro atoms. The van der Waals surface area contributed by atoms with Crippen molar-refractivity contribution in [2.75, 3.05) is 10.6 Å². The van der Waals surface area contributed by atoms with Crippen LogP contribution in [0, 0.1) is 6.92 Å². The van der Waals surface area contributed by atoms with Crippen LogP contribution < -0.4 is 5.32 Å². The lowest BCUT2D eigenvalue weighted by atomic mass is 10.2. The second-order valence-corrected chi connectivity index (χ2v) is 6.33. The maximum absolute atomic E-state index is 11.3. The minimum atomic E-state index is -0.0879. The van der Waals surface area contributed by atoms with E-state index in [0.717, 1.165) is 32.4 Å². The largest absolute Gasteiger partial charge is 0.436 e. The molecule has 0 bridgehead atoms. The molecule has 0 aliphatic carbocycles. The van der Waals surface area contributed by atoms with Crippen LogP contribution in [0.15, 0.2) is 45.3 Å². The second kappa shape index (κ2) is 6.22. The Morgan fingerprint density at radius 2 is 2.00 bits per heavy atom. The van der Waals surface area contributed by atoms with Crippen molar-refractivity contribution in [2.45, 2.75) is 6.92 Å². The van der Waals surface area contributed by atoms with E-state index < -0.39 is 0 Å². The fraction of sp³-hybridized carbons (Fsp3) is 0.125. The highest BCUT2D eigenvalue weighted by Crippen LogP contribution is 2.29. The van der Waals surface area contributed by atoms with Crippen LogP contribution >= 0.6 is 31.9 Å². The highest BCUT2D eigenvalue weighted by atomic mass is 79.9. The van der Waals surface area contributed by atoms with Crippen molar-refractivity contribution in [3.05, 3.63) is 46.4 Å². The van der Waals surface area contributed by atoms with Gasteiger partial charge in [0.1, 0.15) is 5.52 Å². The summed E-state index contributed by atoms with van der Waals surface area (Å²) in [5.74, 6) is 0.477. The van der Waals surface area contributed by atoms with Crippen LogP contribution in [-0.2, 0) is 4.79 Å². The van der Waals surface area contributed by atoms with Gasteiger partial charge in [0.2, 0.25) is 11.8 Å². The van der Waals surface area contributed by atoms with Crippen LogP contribution in [0.25, 0.3) is 22.6 Å². The number of amides is 1. The molecule has 112 valence electrons. The number of anilines is 1. The molecule has 0 atom stereocenters. The average Bonchev–Trinajstić information content (AvgIpc) is 2.92. The molecule has 0 unspecified atom stereocenters. The molecular formula is C16H12Br2N2O2. The molecule has 0 saturated carbocycles. The molecule has 1 N–H and O–H groups in total. The topological polar surface area (TPSA) is 55.1 Å². The third kappa shape index (κ3) is 3.08. The summed E-state index contributed by atoms with van der Waals surface area (Å²) in [5.41, 5.74) is 4.24. The van der Waals surface area contributed by atoms with Crippen LogP contribution in [0.2, 0.25) is 0 Å². The Balaban J connectivity index is 1.94. The molecule has 3 rings (SSSR count). The average molecular weight is 424 g/mol. The third-order valence-corrected chi connectivity index (χ3v) is 4.14. The van der Waals surface area contributed by atoms with Gasteiger partial charge in [-0.2, -0.15) is 0 Å². The zero-order valence-electron chi connectivity index (χ0n) is 11.7. The van der Waals surface area contributed by atoms with Gasteiger partial charge in [0, 0.05) is 15.7 Å². The van der Waals surface area contributed by atoms with Crippen LogP contribution in [0.5, 0.6) is 0 Å². The van der Waals surface area contributed by atoms with Gasteiger partial charge in [-0.15, -0.1) is 0 Å². The molecule has 22 heavy (non-hydrogen) atoms. The van der Waals surface area contributed by atoms with Gasteiger partial charge in [0.15, 0.2) is 5.58 Å². The number of rotatable bonds is 3. The molecule has 0 fully saturated rings. The van der Waals surface area contributed by atoms with Gasteiger partial charge in [0.25, 0.3) is 0 Å². The molecule has 0 radical (unpaired) electrons. The van der Waals surface area contributed by atoms with E-state index in [1.54, 1.807) is 0 Å². The van der Waals surface area contributed by atoms with E-state index in [4.69, 9.17) is 4.42 Å². The summed E-state index contributed by atoms with van der Waals surface area (Å²) >= 11 is 6.58. The molecule has 1 heterocycles. The first-order valence-corrected chi connectivity index (χ1v) is 8.51. The van der Waals surface area contributed by atoms with Gasteiger partial charge < -0.3 is 9.73 Å². The number of benzene rings is 2. The van der Waals surface area contributed by atoms with Gasteiger partial charge in [0.05, 0.1) is 5.33 Å². The number of halogens is 2. The fourth-order valence-electron chi connectivity index (χ4n) is 2.17. The Morgan fingerprint density at radius 3 is 2.68 bits per heavy atom. The van der Waals surface area contributed by atoms with E-state index in [9.17, 15) is 4.79 Å². The lowest BCUT2D eigenvalue weighted by Gasteiger charge is -2.03. The van der Waals surface area contributed by atoms with Crippen LogP contribution in [0.1, 0.15) is 5.56 Å². The summed E-state index contributed by atoms with van der Waals surface area (Å²) in [4.78, 5) is 15.8. The smallest absolute Gasteiger partial charge is 0.235 e. The van der Waals surface area contributed by atoms with E-state index in [2.05, 4.69) is 42.2 Å².